The van der Waals surface area contributed by atoms with Gasteiger partial charge in [0.1, 0.15) is 16.3 Å². The van der Waals surface area contributed by atoms with Crippen LogP contribution in [0.25, 0.3) is 32.8 Å². The highest BCUT2D eigenvalue weighted by atomic mass is 32.1. The minimum absolute atomic E-state index is 0.140. The molecule has 0 unspecified atom stereocenters. The number of aromatic hydroxyl groups is 1. The van der Waals surface area contributed by atoms with Crippen LogP contribution < -0.4 is 5.63 Å². The Bertz CT molecular complexity index is 1190. The summed E-state index contributed by atoms with van der Waals surface area (Å²) >= 11 is 1.42. The van der Waals surface area contributed by atoms with Crippen molar-refractivity contribution in [3.05, 3.63) is 69.9 Å². The lowest BCUT2D eigenvalue weighted by molar-refractivity contribution is 0.290. The number of nitrogens with zero attached hydrogens (tertiary/aromatic N) is 2. The molecule has 2 aromatic carbocycles. The van der Waals surface area contributed by atoms with E-state index in [2.05, 4.69) is 23.7 Å². The number of hydrogen-bond acceptors (Lipinski definition) is 6. The fourth-order valence-electron chi connectivity index (χ4n) is 3.34. The summed E-state index contributed by atoms with van der Waals surface area (Å²) in [6, 6.07) is 15.1. The molecule has 0 spiro atoms. The van der Waals surface area contributed by atoms with E-state index in [1.165, 1.54) is 11.3 Å². The van der Waals surface area contributed by atoms with Crippen molar-refractivity contribution in [1.29, 1.82) is 0 Å². The Balaban J connectivity index is 1.78. The largest absolute Gasteiger partial charge is 0.507 e. The molecule has 148 valence electrons. The molecular weight excluding hydrogens is 384 g/mol. The van der Waals surface area contributed by atoms with Crippen LogP contribution in [-0.2, 0) is 6.54 Å². The first-order valence-electron chi connectivity index (χ1n) is 9.63. The van der Waals surface area contributed by atoms with E-state index < -0.39 is 5.63 Å². The van der Waals surface area contributed by atoms with Crippen molar-refractivity contribution in [2.24, 2.45) is 0 Å². The zero-order chi connectivity index (χ0) is 20.4. The predicted octanol–water partition coefficient (Wildman–Crippen LogP) is 5.13. The Hall–Kier alpha value is -2.96. The second-order valence-electron chi connectivity index (χ2n) is 6.79. The number of hydrogen-bond donors (Lipinski definition) is 1. The van der Waals surface area contributed by atoms with E-state index in [0.29, 0.717) is 28.3 Å². The SMILES string of the molecule is CCN(CC)Cc1c(O)ccc2cc(-c3nc(-c4ccccc4)cs3)c(=O)oc12. The topological polar surface area (TPSA) is 66.6 Å². The molecule has 1 N–H and O–H groups in total. The molecule has 0 saturated heterocycles. The quantitative estimate of drug-likeness (QED) is 0.450. The van der Waals surface area contributed by atoms with Crippen molar-refractivity contribution in [3.63, 3.8) is 0 Å². The summed E-state index contributed by atoms with van der Waals surface area (Å²) in [7, 11) is 0. The molecule has 6 heteroatoms. The molecule has 5 nitrogen and oxygen atoms in total. The van der Waals surface area contributed by atoms with Crippen LogP contribution in [0, 0.1) is 0 Å². The molecule has 4 rings (SSSR count). The lowest BCUT2D eigenvalue weighted by atomic mass is 10.1. The van der Waals surface area contributed by atoms with Crippen LogP contribution in [0.1, 0.15) is 19.4 Å². The van der Waals surface area contributed by atoms with E-state index in [1.807, 2.05) is 35.7 Å². The minimum Gasteiger partial charge on any atom is -0.507 e. The van der Waals surface area contributed by atoms with Gasteiger partial charge in [0.15, 0.2) is 0 Å². The maximum absolute atomic E-state index is 12.8. The van der Waals surface area contributed by atoms with Gasteiger partial charge in [0, 0.05) is 22.9 Å². The van der Waals surface area contributed by atoms with Gasteiger partial charge >= 0.3 is 5.63 Å². The molecule has 2 aromatic heterocycles. The molecule has 4 aromatic rings. The highest BCUT2D eigenvalue weighted by Crippen LogP contribution is 2.32. The lowest BCUT2D eigenvalue weighted by Gasteiger charge is -2.19. The number of thiazole rings is 1. The lowest BCUT2D eigenvalue weighted by Crippen LogP contribution is -2.22. The highest BCUT2D eigenvalue weighted by Gasteiger charge is 2.17. The number of aromatic nitrogens is 1. The van der Waals surface area contributed by atoms with Crippen LogP contribution in [0.15, 0.2) is 63.1 Å². The molecule has 0 atom stereocenters. The van der Waals surface area contributed by atoms with Crippen LogP contribution in [-0.4, -0.2) is 28.1 Å². The second kappa shape index (κ2) is 8.19. The summed E-state index contributed by atoms with van der Waals surface area (Å²) in [6.45, 7) is 6.33. The summed E-state index contributed by atoms with van der Waals surface area (Å²) in [4.78, 5) is 19.6. The van der Waals surface area contributed by atoms with Gasteiger partial charge in [-0.2, -0.15) is 0 Å². The van der Waals surface area contributed by atoms with E-state index in [-0.39, 0.29) is 5.75 Å². The van der Waals surface area contributed by atoms with Crippen LogP contribution in [0.5, 0.6) is 5.75 Å². The number of phenolic OH excluding ortho intramolecular Hbond substituents is 1. The molecule has 0 saturated carbocycles. The van der Waals surface area contributed by atoms with Crippen LogP contribution in [0.3, 0.4) is 0 Å². The van der Waals surface area contributed by atoms with Gasteiger partial charge in [-0.1, -0.05) is 44.2 Å². The van der Waals surface area contributed by atoms with Crippen molar-refractivity contribution >= 4 is 22.3 Å². The highest BCUT2D eigenvalue weighted by molar-refractivity contribution is 7.13. The maximum atomic E-state index is 12.8. The van der Waals surface area contributed by atoms with Crippen molar-refractivity contribution in [2.75, 3.05) is 13.1 Å². The molecule has 2 heterocycles. The van der Waals surface area contributed by atoms with Crippen molar-refractivity contribution < 1.29 is 9.52 Å². The fourth-order valence-corrected chi connectivity index (χ4v) is 4.18. The fraction of sp³-hybridized carbons (Fsp3) is 0.217. The molecule has 0 bridgehead atoms. The third-order valence-electron chi connectivity index (χ3n) is 5.06. The van der Waals surface area contributed by atoms with Gasteiger partial charge in [-0.05, 0) is 31.3 Å². The van der Waals surface area contributed by atoms with E-state index in [4.69, 9.17) is 4.42 Å². The Labute approximate surface area is 172 Å². The molecule has 0 aliphatic rings. The van der Waals surface area contributed by atoms with E-state index in [9.17, 15) is 9.90 Å². The first kappa shape index (κ1) is 19.4. The summed E-state index contributed by atoms with van der Waals surface area (Å²) in [5, 5.41) is 13.7. The number of rotatable bonds is 6. The molecular formula is C23H22N2O3S. The van der Waals surface area contributed by atoms with Gasteiger partial charge in [-0.3, -0.25) is 4.90 Å². The predicted molar refractivity (Wildman–Crippen MR) is 117 cm³/mol. The summed E-state index contributed by atoms with van der Waals surface area (Å²) in [5.41, 5.74) is 2.90. The number of fused-ring (bicyclic) bond motifs is 1. The second-order valence-corrected chi connectivity index (χ2v) is 7.65. The van der Waals surface area contributed by atoms with E-state index in [1.54, 1.807) is 18.2 Å². The summed E-state index contributed by atoms with van der Waals surface area (Å²) in [5.74, 6) is 0.140. The van der Waals surface area contributed by atoms with Gasteiger partial charge < -0.3 is 9.52 Å². The Morgan fingerprint density at radius 1 is 1.10 bits per heavy atom. The average Bonchev–Trinajstić information content (AvgIpc) is 3.24. The van der Waals surface area contributed by atoms with E-state index >= 15 is 0 Å². The monoisotopic (exact) mass is 406 g/mol. The Kier molecular flexibility index (Phi) is 5.47. The minimum atomic E-state index is -0.446. The maximum Gasteiger partial charge on any atom is 0.346 e. The smallest absolute Gasteiger partial charge is 0.346 e. The summed E-state index contributed by atoms with van der Waals surface area (Å²) in [6.07, 6.45) is 0. The standard InChI is InChI=1S/C23H22N2O3S/c1-3-25(4-2)13-18-20(26)11-10-16-12-17(23(27)28-21(16)18)22-24-19(14-29-22)15-8-6-5-7-9-15/h5-12,14,26H,3-4,13H2,1-2H3. The van der Waals surface area contributed by atoms with Gasteiger partial charge in [0.05, 0.1) is 16.8 Å². The molecule has 29 heavy (non-hydrogen) atoms. The van der Waals surface area contributed by atoms with Crippen LogP contribution in [0.4, 0.5) is 0 Å². The number of phenols is 1. The van der Waals surface area contributed by atoms with Gasteiger partial charge in [-0.25, -0.2) is 9.78 Å². The van der Waals surface area contributed by atoms with E-state index in [0.717, 1.165) is 29.7 Å². The Morgan fingerprint density at radius 3 is 2.59 bits per heavy atom. The molecule has 0 fully saturated rings. The zero-order valence-electron chi connectivity index (χ0n) is 16.4. The number of benzene rings is 2. The molecule has 0 amide bonds. The van der Waals surface area contributed by atoms with Crippen LogP contribution in [0.2, 0.25) is 0 Å². The molecule has 0 radical (unpaired) electrons. The van der Waals surface area contributed by atoms with Crippen molar-refractivity contribution in [1.82, 2.24) is 9.88 Å². The van der Waals surface area contributed by atoms with Crippen molar-refractivity contribution in [3.8, 4) is 27.6 Å². The van der Waals surface area contributed by atoms with Crippen LogP contribution >= 0.6 is 11.3 Å². The van der Waals surface area contributed by atoms with Crippen molar-refractivity contribution in [2.45, 2.75) is 20.4 Å². The Morgan fingerprint density at radius 2 is 1.86 bits per heavy atom. The third kappa shape index (κ3) is 3.81. The summed E-state index contributed by atoms with van der Waals surface area (Å²) < 4.78 is 5.69. The van der Waals surface area contributed by atoms with Gasteiger partial charge in [0.2, 0.25) is 0 Å². The third-order valence-corrected chi connectivity index (χ3v) is 5.94. The van der Waals surface area contributed by atoms with Gasteiger partial charge in [0.25, 0.3) is 0 Å². The zero-order valence-corrected chi connectivity index (χ0v) is 17.2. The first-order valence-corrected chi connectivity index (χ1v) is 10.5. The molecule has 0 aliphatic carbocycles. The van der Waals surface area contributed by atoms with Gasteiger partial charge in [-0.15, -0.1) is 11.3 Å². The first-order chi connectivity index (χ1) is 14.1. The average molecular weight is 407 g/mol. The normalized spacial score (nSPS) is 11.4. The molecule has 0 aliphatic heterocycles.